The van der Waals surface area contributed by atoms with Crippen LogP contribution in [0.4, 0.5) is 0 Å². The molecule has 0 atom stereocenters. The Hall–Kier alpha value is -5.59. The van der Waals surface area contributed by atoms with E-state index >= 15 is 0 Å². The van der Waals surface area contributed by atoms with Gasteiger partial charge in [0.1, 0.15) is 0 Å². The van der Waals surface area contributed by atoms with Crippen LogP contribution in [0.3, 0.4) is 0 Å². The molecule has 78 heavy (non-hydrogen) atoms. The molecule has 7 heterocycles. The van der Waals surface area contributed by atoms with Crippen LogP contribution < -0.4 is 0 Å². The number of rotatable bonds is 4. The van der Waals surface area contributed by atoms with Gasteiger partial charge in [0.15, 0.2) is 5.82 Å². The predicted molar refractivity (Wildman–Crippen MR) is 336 cm³/mol. The van der Waals surface area contributed by atoms with Crippen LogP contribution in [0, 0.1) is 5.92 Å². The van der Waals surface area contributed by atoms with Crippen molar-refractivity contribution in [2.24, 2.45) is 27.1 Å². The Morgan fingerprint density at radius 2 is 0.949 bits per heavy atom. The van der Waals surface area contributed by atoms with Crippen LogP contribution in [0.2, 0.25) is 0 Å². The average Bonchev–Trinajstić information content (AvgIpc) is 3.80. The van der Waals surface area contributed by atoms with Gasteiger partial charge in [0.2, 0.25) is 0 Å². The highest BCUT2D eigenvalue weighted by Gasteiger charge is 2.30. The number of hydrogen-bond donors (Lipinski definition) is 0. The molecule has 0 bridgehead atoms. The fraction of sp³-hybridized carbons (Fsp3) is 0.646. The minimum absolute atomic E-state index is 0. The molecule has 0 spiro atoms. The van der Waals surface area contributed by atoms with Gasteiger partial charge in [-0.05, 0) is 90.0 Å². The van der Waals surface area contributed by atoms with Gasteiger partial charge in [-0.3, -0.25) is 23.4 Å². The van der Waals surface area contributed by atoms with Gasteiger partial charge in [0.05, 0.1) is 24.1 Å². The molecule has 0 N–H and O–H groups in total. The Kier molecular flexibility index (Phi) is 31.6. The number of hydrogen-bond acceptors (Lipinski definition) is 7. The first-order valence-corrected chi connectivity index (χ1v) is 28.3. The number of aryl methyl sites for hydroxylation is 3. The summed E-state index contributed by atoms with van der Waals surface area (Å²) in [6.45, 7) is 52.7. The lowest BCUT2D eigenvalue weighted by molar-refractivity contribution is 0.467. The molecule has 2 fully saturated rings. The van der Waals surface area contributed by atoms with Crippen molar-refractivity contribution in [1.82, 2.24) is 63.7 Å². The van der Waals surface area contributed by atoms with Crippen molar-refractivity contribution >= 4 is 0 Å². The van der Waals surface area contributed by atoms with Crippen LogP contribution in [0.1, 0.15) is 247 Å². The number of aromatic nitrogens is 13. The van der Waals surface area contributed by atoms with E-state index in [2.05, 4.69) is 200 Å². The molecule has 0 saturated heterocycles. The monoisotopic (exact) mass is 1080 g/mol. The zero-order chi connectivity index (χ0) is 58.5. The zero-order valence-electron chi connectivity index (χ0n) is 53.2. The Labute approximate surface area is 478 Å². The van der Waals surface area contributed by atoms with Gasteiger partial charge in [-0.1, -0.05) is 187 Å². The summed E-state index contributed by atoms with van der Waals surface area (Å²) in [5.74, 6) is 1.76. The summed E-state index contributed by atoms with van der Waals surface area (Å²) in [5.41, 5.74) is 8.87. The fourth-order valence-corrected chi connectivity index (χ4v) is 7.24. The molecule has 0 amide bonds. The molecule has 0 unspecified atom stereocenters. The van der Waals surface area contributed by atoms with Crippen molar-refractivity contribution in [2.75, 3.05) is 0 Å². The molecule has 0 aromatic carbocycles. The summed E-state index contributed by atoms with van der Waals surface area (Å²) in [7, 11) is 5.85. The molecule has 2 aliphatic rings. The van der Waals surface area contributed by atoms with Crippen molar-refractivity contribution in [3.63, 3.8) is 0 Å². The Morgan fingerprint density at radius 1 is 0.462 bits per heavy atom. The van der Waals surface area contributed by atoms with Crippen molar-refractivity contribution in [1.29, 1.82) is 0 Å². The predicted octanol–water partition coefficient (Wildman–Crippen LogP) is 17.2. The third-order valence-corrected chi connectivity index (χ3v) is 11.9. The van der Waals surface area contributed by atoms with Crippen LogP contribution in [-0.2, 0) is 60.2 Å². The molecule has 7 aromatic heterocycles. The summed E-state index contributed by atoms with van der Waals surface area (Å²) >= 11 is 0. The first-order valence-electron chi connectivity index (χ1n) is 28.3. The molecule has 9 rings (SSSR count). The lowest BCUT2D eigenvalue weighted by atomic mass is 9.90. The van der Waals surface area contributed by atoms with Gasteiger partial charge in [0.25, 0.3) is 0 Å². The molecular formula is C65H117N13. The highest BCUT2D eigenvalue weighted by atomic mass is 15.3. The Morgan fingerprint density at radius 3 is 1.29 bits per heavy atom. The second-order valence-corrected chi connectivity index (χ2v) is 25.2. The van der Waals surface area contributed by atoms with E-state index in [0.29, 0.717) is 6.04 Å². The van der Waals surface area contributed by atoms with Crippen molar-refractivity contribution in [3.8, 4) is 5.82 Å². The van der Waals surface area contributed by atoms with E-state index in [4.69, 9.17) is 0 Å². The topological polar surface area (TPSA) is 120 Å². The lowest BCUT2D eigenvalue weighted by Gasteiger charge is -2.20. The second-order valence-electron chi connectivity index (χ2n) is 25.2. The lowest BCUT2D eigenvalue weighted by Crippen LogP contribution is -2.19. The minimum atomic E-state index is 0. The molecule has 442 valence electrons. The van der Waals surface area contributed by atoms with Crippen LogP contribution in [0.25, 0.3) is 5.82 Å². The van der Waals surface area contributed by atoms with E-state index in [1.54, 1.807) is 10.9 Å². The molecule has 13 heteroatoms. The van der Waals surface area contributed by atoms with E-state index in [9.17, 15) is 0 Å². The summed E-state index contributed by atoms with van der Waals surface area (Å²) in [5, 5.41) is 25.5. The number of nitrogens with zero attached hydrogens (tertiary/aromatic N) is 13. The van der Waals surface area contributed by atoms with E-state index in [1.165, 1.54) is 53.9 Å². The van der Waals surface area contributed by atoms with Gasteiger partial charge < -0.3 is 0 Å². The Balaban J connectivity index is 0. The van der Waals surface area contributed by atoms with Gasteiger partial charge in [0, 0.05) is 110 Å². The molecule has 7 aromatic rings. The summed E-state index contributed by atoms with van der Waals surface area (Å²) in [4.78, 5) is 4.24. The number of pyridine rings is 1. The minimum Gasteiger partial charge on any atom is -0.276 e. The zero-order valence-corrected chi connectivity index (χ0v) is 53.2. The van der Waals surface area contributed by atoms with Crippen LogP contribution in [0.15, 0.2) is 98.2 Å². The standard InChI is InChI=1S/C12H15N3.C11H18N2.C10H16N2.3C8H14N2.3C2H6.2CH4/c1-12(2,3)10-8-14-15(9-10)11-6-4-5-7-13-11;1-11(2,3)10-6-7-12-13(10)8-9-4-5-9;1-10(2,3)9-6-7-11-12(9)8-4-5-8;1-8(2,3)7-5-9-10(4)6-7;1-8(2,3)7-5-6-10(4)9-7;1-8(2,3)7-5-6-9-10(7)4;3*1-2;;/h4-9H,1-3H3;6-7,9H,4-5,8H2,1-3H3;6-8H,4-5H2,1-3H3;3*5-6H,1-4H3;3*1-2H3;2*1H4. The molecule has 2 saturated carbocycles. The third kappa shape index (κ3) is 26.4. The maximum absolute atomic E-state index is 4.38. The second kappa shape index (κ2) is 33.1. The summed E-state index contributed by atoms with van der Waals surface area (Å²) < 4.78 is 11.8. The van der Waals surface area contributed by atoms with Crippen LogP contribution in [0.5, 0.6) is 0 Å². The summed E-state index contributed by atoms with van der Waals surface area (Å²) in [6.07, 6.45) is 22.7. The molecule has 0 aliphatic heterocycles. The van der Waals surface area contributed by atoms with Gasteiger partial charge in [-0.25, -0.2) is 9.67 Å². The summed E-state index contributed by atoms with van der Waals surface area (Å²) in [6, 6.07) is 14.9. The van der Waals surface area contributed by atoms with Gasteiger partial charge in [-0.2, -0.15) is 30.6 Å². The van der Waals surface area contributed by atoms with Crippen molar-refractivity contribution < 1.29 is 0 Å². The van der Waals surface area contributed by atoms with Gasteiger partial charge in [-0.15, -0.1) is 0 Å². The van der Waals surface area contributed by atoms with Crippen LogP contribution in [-0.4, -0.2) is 63.7 Å². The first-order chi connectivity index (χ1) is 35.2. The highest BCUT2D eigenvalue weighted by Crippen LogP contribution is 2.38. The van der Waals surface area contributed by atoms with Gasteiger partial charge >= 0.3 is 0 Å². The SMILES string of the molecule is C.C.CC.CC.CC.CC(C)(C)c1ccnn1C1CC1.CC(C)(C)c1ccnn1CC1CC1.CC(C)(C)c1cnn(-c2ccccn2)c1.Cn1cc(C(C)(C)C)cn1.Cn1ccc(C(C)(C)C)n1.Cn1nccc1C(C)(C)C. The third-order valence-electron chi connectivity index (χ3n) is 11.9. The normalized spacial score (nSPS) is 12.9. The first kappa shape index (κ1) is 74.5. The van der Waals surface area contributed by atoms with E-state index in [0.717, 1.165) is 24.0 Å². The average molecular weight is 1080 g/mol. The van der Waals surface area contributed by atoms with Crippen LogP contribution >= 0.6 is 0 Å². The molecule has 2 aliphatic carbocycles. The van der Waals surface area contributed by atoms with Crippen molar-refractivity contribution in [3.05, 3.63) is 132 Å². The largest absolute Gasteiger partial charge is 0.276 e. The highest BCUT2D eigenvalue weighted by molar-refractivity contribution is 5.25. The Bertz CT molecular complexity index is 2530. The quantitative estimate of drug-likeness (QED) is 0.172. The van der Waals surface area contributed by atoms with E-state index in [1.807, 2.05) is 138 Å². The smallest absolute Gasteiger partial charge is 0.153 e. The molecule has 0 radical (unpaired) electrons. The fourth-order valence-electron chi connectivity index (χ4n) is 7.24. The molecule has 13 nitrogen and oxygen atoms in total. The molecular weight excluding hydrogens is 963 g/mol. The van der Waals surface area contributed by atoms with E-state index in [-0.39, 0.29) is 47.3 Å². The maximum Gasteiger partial charge on any atom is 0.153 e. The maximum atomic E-state index is 4.38. The van der Waals surface area contributed by atoms with E-state index < -0.39 is 0 Å². The van der Waals surface area contributed by atoms with Crippen molar-refractivity contribution in [2.45, 2.75) is 252 Å².